The lowest BCUT2D eigenvalue weighted by molar-refractivity contribution is 0.393. The van der Waals surface area contributed by atoms with Gasteiger partial charge in [0.1, 0.15) is 5.76 Å². The third kappa shape index (κ3) is 2.53. The number of nitrogens with zero attached hydrogens (tertiary/aromatic N) is 2. The molecule has 1 aromatic heterocycles. The molecule has 0 atom stereocenters. The summed E-state index contributed by atoms with van der Waals surface area (Å²) < 4.78 is 5.11. The Balaban J connectivity index is 2.18. The van der Waals surface area contributed by atoms with Crippen LogP contribution in [0.1, 0.15) is 23.9 Å². The van der Waals surface area contributed by atoms with Gasteiger partial charge in [0, 0.05) is 0 Å². The predicted octanol–water partition coefficient (Wildman–Crippen LogP) is 3.13. The number of para-hydroxylation sites is 1. The smallest absolute Gasteiger partial charge is 0.143 e. The molecule has 0 amide bonds. The van der Waals surface area contributed by atoms with Crippen LogP contribution in [0.3, 0.4) is 0 Å². The first-order chi connectivity index (χ1) is 8.18. The zero-order valence-corrected chi connectivity index (χ0v) is 10.2. The summed E-state index contributed by atoms with van der Waals surface area (Å²) in [5.74, 6) is 0.790. The molecule has 2 aromatic rings. The van der Waals surface area contributed by atoms with Crippen LogP contribution in [0.25, 0.3) is 0 Å². The van der Waals surface area contributed by atoms with Crippen molar-refractivity contribution in [2.75, 3.05) is 5.43 Å². The van der Waals surface area contributed by atoms with Crippen molar-refractivity contribution in [1.29, 1.82) is 0 Å². The summed E-state index contributed by atoms with van der Waals surface area (Å²) >= 11 is 0. The highest BCUT2D eigenvalue weighted by atomic mass is 16.5. The van der Waals surface area contributed by atoms with Crippen molar-refractivity contribution in [2.24, 2.45) is 5.10 Å². The Hall–Kier alpha value is -2.10. The SMILES string of the molecule is C/C(=N\Nc1ccccc1)c1c(C)noc1C. The second-order valence-corrected chi connectivity index (χ2v) is 3.87. The third-order valence-electron chi connectivity index (χ3n) is 2.52. The van der Waals surface area contributed by atoms with Crippen molar-refractivity contribution in [3.05, 3.63) is 47.3 Å². The van der Waals surface area contributed by atoms with Crippen LogP contribution in [0, 0.1) is 13.8 Å². The molecule has 0 aliphatic rings. The fraction of sp³-hybridized carbons (Fsp3) is 0.231. The first kappa shape index (κ1) is 11.4. The molecule has 2 rings (SSSR count). The number of aromatic nitrogens is 1. The van der Waals surface area contributed by atoms with E-state index in [0.717, 1.165) is 28.4 Å². The van der Waals surface area contributed by atoms with Gasteiger partial charge >= 0.3 is 0 Å². The molecular formula is C13H15N3O. The minimum Gasteiger partial charge on any atom is -0.361 e. The van der Waals surface area contributed by atoms with Crippen LogP contribution in [0.15, 0.2) is 40.0 Å². The summed E-state index contributed by atoms with van der Waals surface area (Å²) in [6.45, 7) is 5.73. The molecular weight excluding hydrogens is 214 g/mol. The van der Waals surface area contributed by atoms with E-state index in [1.54, 1.807) is 0 Å². The molecule has 0 unspecified atom stereocenters. The number of anilines is 1. The van der Waals surface area contributed by atoms with Crippen LogP contribution in [0.4, 0.5) is 5.69 Å². The summed E-state index contributed by atoms with van der Waals surface area (Å²) in [7, 11) is 0. The maximum absolute atomic E-state index is 5.11. The zero-order chi connectivity index (χ0) is 12.3. The van der Waals surface area contributed by atoms with E-state index in [2.05, 4.69) is 15.7 Å². The van der Waals surface area contributed by atoms with Crippen LogP contribution in [0.5, 0.6) is 0 Å². The summed E-state index contributed by atoms with van der Waals surface area (Å²) in [5.41, 5.74) is 6.65. The fourth-order valence-electron chi connectivity index (χ4n) is 1.72. The van der Waals surface area contributed by atoms with Crippen LogP contribution in [0.2, 0.25) is 0 Å². The van der Waals surface area contributed by atoms with Gasteiger partial charge in [-0.25, -0.2) is 0 Å². The normalized spacial score (nSPS) is 11.6. The Morgan fingerprint density at radius 1 is 1.24 bits per heavy atom. The van der Waals surface area contributed by atoms with Gasteiger partial charge in [-0.1, -0.05) is 23.4 Å². The fourth-order valence-corrected chi connectivity index (χ4v) is 1.72. The first-order valence-electron chi connectivity index (χ1n) is 5.47. The van der Waals surface area contributed by atoms with Gasteiger partial charge in [0.2, 0.25) is 0 Å². The van der Waals surface area contributed by atoms with Gasteiger partial charge in [0.05, 0.1) is 22.7 Å². The molecule has 88 valence electrons. The Labute approximate surface area is 100 Å². The van der Waals surface area contributed by atoms with Gasteiger partial charge in [-0.15, -0.1) is 0 Å². The number of rotatable bonds is 3. The summed E-state index contributed by atoms with van der Waals surface area (Å²) in [6.07, 6.45) is 0. The van der Waals surface area contributed by atoms with E-state index in [-0.39, 0.29) is 0 Å². The lowest BCUT2D eigenvalue weighted by Crippen LogP contribution is -2.01. The highest BCUT2D eigenvalue weighted by Gasteiger charge is 2.11. The molecule has 4 nitrogen and oxygen atoms in total. The highest BCUT2D eigenvalue weighted by molar-refractivity contribution is 6.00. The molecule has 0 saturated carbocycles. The number of hydrogen-bond acceptors (Lipinski definition) is 4. The standard InChI is InChI=1S/C13H15N3O/c1-9(13-10(2)16-17-11(13)3)14-15-12-7-5-4-6-8-12/h4-8,15H,1-3H3/b14-9+. The lowest BCUT2D eigenvalue weighted by atomic mass is 10.1. The summed E-state index contributed by atoms with van der Waals surface area (Å²) in [5, 5.41) is 8.23. The minimum absolute atomic E-state index is 0.790. The van der Waals surface area contributed by atoms with Crippen molar-refractivity contribution >= 4 is 11.4 Å². The van der Waals surface area contributed by atoms with Gasteiger partial charge in [-0.3, -0.25) is 5.43 Å². The molecule has 0 fully saturated rings. The topological polar surface area (TPSA) is 50.4 Å². The molecule has 0 saturated heterocycles. The van der Waals surface area contributed by atoms with Crippen molar-refractivity contribution in [1.82, 2.24) is 5.16 Å². The maximum atomic E-state index is 5.11. The number of aryl methyl sites for hydroxylation is 2. The van der Waals surface area contributed by atoms with Crippen LogP contribution in [-0.4, -0.2) is 10.9 Å². The van der Waals surface area contributed by atoms with E-state index in [4.69, 9.17) is 4.52 Å². The second kappa shape index (κ2) is 4.82. The van der Waals surface area contributed by atoms with Gasteiger partial charge < -0.3 is 4.52 Å². The lowest BCUT2D eigenvalue weighted by Gasteiger charge is -2.02. The van der Waals surface area contributed by atoms with Crippen molar-refractivity contribution < 1.29 is 4.52 Å². The first-order valence-corrected chi connectivity index (χ1v) is 5.47. The van der Waals surface area contributed by atoms with Crippen LogP contribution in [-0.2, 0) is 0 Å². The van der Waals surface area contributed by atoms with E-state index in [1.165, 1.54) is 0 Å². The zero-order valence-electron chi connectivity index (χ0n) is 10.2. The Morgan fingerprint density at radius 2 is 1.94 bits per heavy atom. The van der Waals surface area contributed by atoms with E-state index < -0.39 is 0 Å². The average molecular weight is 229 g/mol. The average Bonchev–Trinajstić information content (AvgIpc) is 2.67. The van der Waals surface area contributed by atoms with E-state index in [0.29, 0.717) is 0 Å². The van der Waals surface area contributed by atoms with Gasteiger partial charge in [0.25, 0.3) is 0 Å². The van der Waals surface area contributed by atoms with E-state index >= 15 is 0 Å². The molecule has 0 aliphatic carbocycles. The maximum Gasteiger partial charge on any atom is 0.143 e. The quantitative estimate of drug-likeness (QED) is 0.649. The second-order valence-electron chi connectivity index (χ2n) is 3.87. The van der Waals surface area contributed by atoms with Crippen molar-refractivity contribution in [3.63, 3.8) is 0 Å². The van der Waals surface area contributed by atoms with Gasteiger partial charge in [0.15, 0.2) is 0 Å². The number of hydrazone groups is 1. The van der Waals surface area contributed by atoms with E-state index in [9.17, 15) is 0 Å². The minimum atomic E-state index is 0.790. The Kier molecular flexibility index (Phi) is 3.23. The predicted molar refractivity (Wildman–Crippen MR) is 68.3 cm³/mol. The molecule has 1 N–H and O–H groups in total. The number of nitrogens with one attached hydrogen (secondary N) is 1. The number of benzene rings is 1. The molecule has 17 heavy (non-hydrogen) atoms. The Morgan fingerprint density at radius 3 is 2.53 bits per heavy atom. The summed E-state index contributed by atoms with van der Waals surface area (Å²) in [4.78, 5) is 0. The van der Waals surface area contributed by atoms with Gasteiger partial charge in [-0.05, 0) is 32.9 Å². The largest absolute Gasteiger partial charge is 0.361 e. The monoisotopic (exact) mass is 229 g/mol. The molecule has 0 spiro atoms. The molecule has 0 aliphatic heterocycles. The number of hydrogen-bond donors (Lipinski definition) is 1. The van der Waals surface area contributed by atoms with Crippen LogP contribution < -0.4 is 5.43 Å². The molecule has 1 aromatic carbocycles. The van der Waals surface area contributed by atoms with Crippen LogP contribution >= 0.6 is 0 Å². The van der Waals surface area contributed by atoms with E-state index in [1.807, 2.05) is 51.1 Å². The Bertz CT molecular complexity index is 509. The summed E-state index contributed by atoms with van der Waals surface area (Å²) in [6, 6.07) is 9.82. The molecule has 0 radical (unpaired) electrons. The van der Waals surface area contributed by atoms with Crippen molar-refractivity contribution in [2.45, 2.75) is 20.8 Å². The third-order valence-corrected chi connectivity index (χ3v) is 2.52. The van der Waals surface area contributed by atoms with Gasteiger partial charge in [-0.2, -0.15) is 5.10 Å². The highest BCUT2D eigenvalue weighted by Crippen LogP contribution is 2.14. The van der Waals surface area contributed by atoms with Crippen molar-refractivity contribution in [3.8, 4) is 0 Å². The molecule has 4 heteroatoms. The molecule has 0 bridgehead atoms. The molecule has 1 heterocycles.